The molecular weight excluding hydrogens is 255 g/mol. The monoisotopic (exact) mass is 260 g/mol. The zero-order valence-corrected chi connectivity index (χ0v) is 8.99. The maximum Gasteiger partial charge on any atom is 0.178 e. The average Bonchev–Trinajstić information content (AvgIpc) is 2.12. The summed E-state index contributed by atoms with van der Waals surface area (Å²) in [5.74, 6) is 0.347. The Labute approximate surface area is 87.8 Å². The molecule has 0 aromatic heterocycles. The first-order chi connectivity index (χ1) is 6.18. The van der Waals surface area contributed by atoms with Gasteiger partial charge in [-0.3, -0.25) is 4.79 Å². The smallest absolute Gasteiger partial charge is 0.178 e. The first-order valence-electron chi connectivity index (χ1n) is 3.79. The van der Waals surface area contributed by atoms with Gasteiger partial charge >= 0.3 is 0 Å². The summed E-state index contributed by atoms with van der Waals surface area (Å²) in [6, 6.07) is 4.35. The van der Waals surface area contributed by atoms with Crippen molar-refractivity contribution in [3.05, 3.63) is 29.6 Å². The van der Waals surface area contributed by atoms with Crippen LogP contribution in [-0.2, 0) is 0 Å². The van der Waals surface area contributed by atoms with Gasteiger partial charge in [-0.15, -0.1) is 11.8 Å². The summed E-state index contributed by atoms with van der Waals surface area (Å²) in [7, 11) is 0. The van der Waals surface area contributed by atoms with Crippen LogP contribution in [0.3, 0.4) is 0 Å². The van der Waals surface area contributed by atoms with Gasteiger partial charge in [0, 0.05) is 16.2 Å². The molecule has 0 fully saturated rings. The van der Waals surface area contributed by atoms with Gasteiger partial charge < -0.3 is 0 Å². The third-order valence-electron chi connectivity index (χ3n) is 1.88. The van der Waals surface area contributed by atoms with Crippen LogP contribution in [-0.4, -0.2) is 16.4 Å². The number of Topliss-reactive ketones (excluding diaryl/α,β-unsaturated/α-hetero) is 1. The fraction of sp³-hybridized carbons (Fsp3) is 0.222. The maximum atomic E-state index is 12.8. The molecule has 0 amide bonds. The molecule has 1 unspecified atom stereocenters. The van der Waals surface area contributed by atoms with Gasteiger partial charge in [-0.25, -0.2) is 4.39 Å². The largest absolute Gasteiger partial charge is 0.293 e. The molecule has 0 bridgehead atoms. The van der Waals surface area contributed by atoms with Crippen molar-refractivity contribution < 1.29 is 9.18 Å². The molecule has 4 heteroatoms. The van der Waals surface area contributed by atoms with Gasteiger partial charge in [0.15, 0.2) is 5.78 Å². The summed E-state index contributed by atoms with van der Waals surface area (Å²) < 4.78 is 12.8. The Kier molecular flexibility index (Phi) is 2.43. The number of rotatable bonds is 0. The normalized spacial score (nSPS) is 21.4. The number of carbonyl (C=O) groups is 1. The van der Waals surface area contributed by atoms with E-state index in [-0.39, 0.29) is 16.4 Å². The topological polar surface area (TPSA) is 17.1 Å². The Bertz CT molecular complexity index is 367. The van der Waals surface area contributed by atoms with E-state index >= 15 is 0 Å². The number of alkyl halides is 1. The minimum absolute atomic E-state index is 0.0201. The first kappa shape index (κ1) is 9.21. The van der Waals surface area contributed by atoms with Crippen LogP contribution in [0.5, 0.6) is 0 Å². The minimum atomic E-state index is -0.352. The minimum Gasteiger partial charge on any atom is -0.293 e. The molecule has 1 aliphatic heterocycles. The highest BCUT2D eigenvalue weighted by molar-refractivity contribution is 9.10. The number of fused-ring (bicyclic) bond motifs is 1. The fourth-order valence-corrected chi connectivity index (χ4v) is 2.83. The quantitative estimate of drug-likeness (QED) is 0.668. The molecule has 68 valence electrons. The Balaban J connectivity index is 2.51. The lowest BCUT2D eigenvalue weighted by Crippen LogP contribution is -2.21. The number of thioether (sulfide) groups is 1. The van der Waals surface area contributed by atoms with Gasteiger partial charge in [-0.1, -0.05) is 15.9 Å². The lowest BCUT2D eigenvalue weighted by molar-refractivity contribution is 0.0992. The highest BCUT2D eigenvalue weighted by Crippen LogP contribution is 2.32. The molecule has 2 rings (SSSR count). The summed E-state index contributed by atoms with van der Waals surface area (Å²) in [4.78, 5) is 12.2. The molecule has 0 aliphatic carbocycles. The molecule has 1 heterocycles. The van der Waals surface area contributed by atoms with E-state index in [1.165, 1.54) is 12.1 Å². The van der Waals surface area contributed by atoms with Crippen LogP contribution in [0.25, 0.3) is 0 Å². The SMILES string of the molecule is O=C1c2cc(F)ccc2SCC1Br. The molecule has 13 heavy (non-hydrogen) atoms. The summed E-state index contributed by atoms with van der Waals surface area (Å²) >= 11 is 4.83. The zero-order chi connectivity index (χ0) is 9.42. The molecule has 1 aromatic carbocycles. The van der Waals surface area contributed by atoms with Crippen LogP contribution in [0.2, 0.25) is 0 Å². The second-order valence-corrected chi connectivity index (χ2v) is 4.95. The predicted molar refractivity (Wildman–Crippen MR) is 54.2 cm³/mol. The predicted octanol–water partition coefficient (Wildman–Crippen LogP) is 2.88. The Morgan fingerprint density at radius 1 is 1.54 bits per heavy atom. The number of hydrogen-bond acceptors (Lipinski definition) is 2. The average molecular weight is 261 g/mol. The van der Waals surface area contributed by atoms with Crippen LogP contribution >= 0.6 is 27.7 Å². The number of carbonyl (C=O) groups excluding carboxylic acids is 1. The van der Waals surface area contributed by atoms with Crippen molar-refractivity contribution >= 4 is 33.5 Å². The Morgan fingerprint density at radius 2 is 2.31 bits per heavy atom. The molecular formula is C9H6BrFOS. The number of halogens is 2. The third-order valence-corrected chi connectivity index (χ3v) is 4.21. The molecule has 1 atom stereocenters. The second-order valence-electron chi connectivity index (χ2n) is 2.78. The lowest BCUT2D eigenvalue weighted by Gasteiger charge is -2.17. The van der Waals surface area contributed by atoms with Gasteiger partial charge in [0.1, 0.15) is 5.82 Å². The van der Waals surface area contributed by atoms with Crippen LogP contribution in [0.4, 0.5) is 4.39 Å². The Hall–Kier alpha value is -0.350. The molecule has 0 N–H and O–H groups in total. The van der Waals surface area contributed by atoms with E-state index in [4.69, 9.17) is 0 Å². The van der Waals surface area contributed by atoms with Crippen molar-refractivity contribution in [2.24, 2.45) is 0 Å². The van der Waals surface area contributed by atoms with E-state index in [1.807, 2.05) is 0 Å². The van der Waals surface area contributed by atoms with E-state index in [0.717, 1.165) is 10.6 Å². The molecule has 0 radical (unpaired) electrons. The van der Waals surface area contributed by atoms with Crippen LogP contribution in [0.15, 0.2) is 23.1 Å². The molecule has 0 spiro atoms. The molecule has 1 aliphatic rings. The van der Waals surface area contributed by atoms with Crippen molar-refractivity contribution in [3.8, 4) is 0 Å². The standard InChI is InChI=1S/C9H6BrFOS/c10-7-4-13-8-2-1-5(11)3-6(8)9(7)12/h1-3,7H,4H2. The van der Waals surface area contributed by atoms with Gasteiger partial charge in [0.2, 0.25) is 0 Å². The molecule has 1 nitrogen and oxygen atoms in total. The third kappa shape index (κ3) is 1.65. The highest BCUT2D eigenvalue weighted by Gasteiger charge is 2.25. The fourth-order valence-electron chi connectivity index (χ4n) is 1.23. The van der Waals surface area contributed by atoms with Crippen molar-refractivity contribution in [1.82, 2.24) is 0 Å². The Morgan fingerprint density at radius 3 is 3.08 bits per heavy atom. The van der Waals surface area contributed by atoms with E-state index in [2.05, 4.69) is 15.9 Å². The van der Waals surface area contributed by atoms with Crippen molar-refractivity contribution in [2.75, 3.05) is 5.75 Å². The lowest BCUT2D eigenvalue weighted by atomic mass is 10.1. The summed E-state index contributed by atoms with van der Waals surface area (Å²) in [6.45, 7) is 0. The summed E-state index contributed by atoms with van der Waals surface area (Å²) in [5, 5.41) is 0. The number of benzene rings is 1. The molecule has 0 saturated heterocycles. The van der Waals surface area contributed by atoms with Gasteiger partial charge in [-0.05, 0) is 18.2 Å². The number of ketones is 1. The van der Waals surface area contributed by atoms with Gasteiger partial charge in [0.05, 0.1) is 4.83 Å². The summed E-state index contributed by atoms with van der Waals surface area (Å²) in [6.07, 6.45) is 0. The van der Waals surface area contributed by atoms with Crippen LogP contribution in [0, 0.1) is 5.82 Å². The summed E-state index contributed by atoms with van der Waals surface area (Å²) in [5.41, 5.74) is 0.498. The van der Waals surface area contributed by atoms with E-state index in [0.29, 0.717) is 5.56 Å². The van der Waals surface area contributed by atoms with E-state index < -0.39 is 0 Å². The zero-order valence-electron chi connectivity index (χ0n) is 6.59. The van der Waals surface area contributed by atoms with Gasteiger partial charge in [0.25, 0.3) is 0 Å². The van der Waals surface area contributed by atoms with E-state index in [9.17, 15) is 9.18 Å². The maximum absolute atomic E-state index is 12.8. The van der Waals surface area contributed by atoms with E-state index in [1.54, 1.807) is 17.8 Å². The van der Waals surface area contributed by atoms with Crippen LogP contribution < -0.4 is 0 Å². The highest BCUT2D eigenvalue weighted by atomic mass is 79.9. The first-order valence-corrected chi connectivity index (χ1v) is 5.69. The van der Waals surface area contributed by atoms with Crippen molar-refractivity contribution in [3.63, 3.8) is 0 Å². The second kappa shape index (κ2) is 3.42. The van der Waals surface area contributed by atoms with Crippen LogP contribution in [0.1, 0.15) is 10.4 Å². The van der Waals surface area contributed by atoms with Crippen molar-refractivity contribution in [1.29, 1.82) is 0 Å². The number of hydrogen-bond donors (Lipinski definition) is 0. The van der Waals surface area contributed by atoms with Gasteiger partial charge in [-0.2, -0.15) is 0 Å². The molecule has 0 saturated carbocycles. The van der Waals surface area contributed by atoms with Crippen molar-refractivity contribution in [2.45, 2.75) is 9.72 Å². The molecule has 1 aromatic rings.